The summed E-state index contributed by atoms with van der Waals surface area (Å²) in [7, 11) is 0. The van der Waals surface area contributed by atoms with E-state index in [2.05, 4.69) is 10.3 Å². The molecule has 1 aliphatic heterocycles. The van der Waals surface area contributed by atoms with Gasteiger partial charge in [0.1, 0.15) is 11.5 Å². The van der Waals surface area contributed by atoms with Crippen molar-refractivity contribution in [1.82, 2.24) is 14.3 Å². The second-order valence-electron chi connectivity index (χ2n) is 7.86. The number of anilines is 1. The van der Waals surface area contributed by atoms with Crippen molar-refractivity contribution in [3.63, 3.8) is 0 Å². The zero-order valence-corrected chi connectivity index (χ0v) is 17.9. The third-order valence-corrected chi connectivity index (χ3v) is 5.42. The highest BCUT2D eigenvalue weighted by atomic mass is 19.2. The number of pyridine rings is 1. The number of amides is 2. The van der Waals surface area contributed by atoms with Crippen LogP contribution in [0.1, 0.15) is 18.2 Å². The van der Waals surface area contributed by atoms with E-state index in [1.165, 1.54) is 4.90 Å². The number of aryl methyl sites for hydroxylation is 1. The lowest BCUT2D eigenvalue weighted by molar-refractivity contribution is -0.114. The van der Waals surface area contributed by atoms with Gasteiger partial charge in [0.05, 0.1) is 41.9 Å². The van der Waals surface area contributed by atoms with Crippen LogP contribution in [0, 0.1) is 24.4 Å². The molecule has 33 heavy (non-hydrogen) atoms. The molecule has 1 aliphatic rings. The molecular formula is C22H21F3N4O4. The number of carbonyl (C=O) groups is 2. The molecule has 1 saturated heterocycles. The van der Waals surface area contributed by atoms with Gasteiger partial charge in [-0.15, -0.1) is 0 Å². The minimum Gasteiger partial charge on any atom is -0.465 e. The average Bonchev–Trinajstić information content (AvgIpc) is 3.08. The number of nitrogens with zero attached hydrogens (tertiary/aromatic N) is 3. The van der Waals surface area contributed by atoms with E-state index in [1.807, 2.05) is 6.92 Å². The Labute approximate surface area is 186 Å². The monoisotopic (exact) mass is 462 g/mol. The third-order valence-electron chi connectivity index (χ3n) is 5.42. The number of rotatable bonds is 4. The summed E-state index contributed by atoms with van der Waals surface area (Å²) < 4.78 is 52.1. The molecule has 2 amide bonds. The Bertz CT molecular complexity index is 1260. The first kappa shape index (κ1) is 22.6. The van der Waals surface area contributed by atoms with Crippen LogP contribution in [0.4, 0.5) is 23.7 Å². The van der Waals surface area contributed by atoms with Gasteiger partial charge in [0.2, 0.25) is 5.91 Å². The standard InChI is InChI=1S/C22H21F3N4O4/c1-11-3-4-29-16(8-13-10-28(22(31)32)5-6-33-13)21(27-17(29)7-11)18-14(23)9-15(26-12(2)30)19(24)20(18)25/h3-4,7,9,13H,5-6,8,10H2,1-2H3,(H,26,30)(H,31,32). The van der Waals surface area contributed by atoms with Gasteiger partial charge in [-0.05, 0) is 24.6 Å². The second-order valence-corrected chi connectivity index (χ2v) is 7.86. The van der Waals surface area contributed by atoms with E-state index in [1.54, 1.807) is 22.7 Å². The summed E-state index contributed by atoms with van der Waals surface area (Å²) in [4.78, 5) is 28.2. The van der Waals surface area contributed by atoms with E-state index in [4.69, 9.17) is 4.74 Å². The van der Waals surface area contributed by atoms with Crippen LogP contribution in [-0.2, 0) is 16.0 Å². The summed E-state index contributed by atoms with van der Waals surface area (Å²) in [5, 5.41) is 11.4. The Morgan fingerprint density at radius 2 is 2.03 bits per heavy atom. The largest absolute Gasteiger partial charge is 0.465 e. The van der Waals surface area contributed by atoms with Crippen molar-refractivity contribution in [3.05, 3.63) is 53.1 Å². The molecule has 1 fully saturated rings. The molecule has 3 heterocycles. The number of carboxylic acid groups (broad SMARTS) is 1. The van der Waals surface area contributed by atoms with Gasteiger partial charge in [0, 0.05) is 32.2 Å². The Hall–Kier alpha value is -3.60. The Morgan fingerprint density at radius 1 is 1.27 bits per heavy atom. The van der Waals surface area contributed by atoms with Crippen molar-refractivity contribution in [2.45, 2.75) is 26.4 Å². The minimum atomic E-state index is -1.49. The maximum atomic E-state index is 15.1. The van der Waals surface area contributed by atoms with E-state index in [-0.39, 0.29) is 31.8 Å². The fraction of sp³-hybridized carbons (Fsp3) is 0.318. The second kappa shape index (κ2) is 8.74. The molecule has 0 saturated carbocycles. The first-order valence-corrected chi connectivity index (χ1v) is 10.2. The van der Waals surface area contributed by atoms with Gasteiger partial charge in [-0.3, -0.25) is 4.79 Å². The molecular weight excluding hydrogens is 441 g/mol. The topological polar surface area (TPSA) is 96.2 Å². The lowest BCUT2D eigenvalue weighted by Crippen LogP contribution is -2.45. The minimum absolute atomic E-state index is 0.0641. The van der Waals surface area contributed by atoms with E-state index >= 15 is 8.78 Å². The Kier molecular flexibility index (Phi) is 5.98. The predicted molar refractivity (Wildman–Crippen MR) is 113 cm³/mol. The molecule has 4 rings (SSSR count). The predicted octanol–water partition coefficient (Wildman–Crippen LogP) is 3.61. The van der Waals surface area contributed by atoms with E-state index < -0.39 is 46.8 Å². The lowest BCUT2D eigenvalue weighted by atomic mass is 10.0. The molecule has 0 bridgehead atoms. The maximum absolute atomic E-state index is 15.1. The number of hydrogen-bond donors (Lipinski definition) is 2. The number of carbonyl (C=O) groups excluding carboxylic acids is 1. The Balaban J connectivity index is 1.84. The number of hydrogen-bond acceptors (Lipinski definition) is 4. The number of benzene rings is 1. The number of fused-ring (bicyclic) bond motifs is 1. The SMILES string of the molecule is CC(=O)Nc1cc(F)c(-c2nc3cc(C)ccn3c2CC2CN(C(=O)O)CCO2)c(F)c1F. The number of aromatic nitrogens is 2. The lowest BCUT2D eigenvalue weighted by Gasteiger charge is -2.31. The number of imidazole rings is 1. The number of ether oxygens (including phenoxy) is 1. The van der Waals surface area contributed by atoms with Crippen molar-refractivity contribution in [3.8, 4) is 11.3 Å². The summed E-state index contributed by atoms with van der Waals surface area (Å²) in [6.45, 7) is 3.37. The normalized spacial score (nSPS) is 16.3. The molecule has 174 valence electrons. The first-order valence-electron chi connectivity index (χ1n) is 10.2. The zero-order chi connectivity index (χ0) is 23.9. The van der Waals surface area contributed by atoms with Gasteiger partial charge in [-0.1, -0.05) is 0 Å². The first-order chi connectivity index (χ1) is 15.7. The van der Waals surface area contributed by atoms with Crippen LogP contribution in [0.3, 0.4) is 0 Å². The van der Waals surface area contributed by atoms with Crippen molar-refractivity contribution in [2.24, 2.45) is 0 Å². The number of morpholine rings is 1. The quantitative estimate of drug-likeness (QED) is 0.578. The van der Waals surface area contributed by atoms with Gasteiger partial charge in [-0.25, -0.2) is 22.9 Å². The van der Waals surface area contributed by atoms with Crippen molar-refractivity contribution < 1.29 is 32.6 Å². The molecule has 1 atom stereocenters. The van der Waals surface area contributed by atoms with Gasteiger partial charge in [0.25, 0.3) is 0 Å². The highest BCUT2D eigenvalue weighted by molar-refractivity contribution is 5.89. The van der Waals surface area contributed by atoms with Crippen molar-refractivity contribution >= 4 is 23.3 Å². The molecule has 0 spiro atoms. The summed E-state index contributed by atoms with van der Waals surface area (Å²) in [5.41, 5.74) is 0.159. The highest BCUT2D eigenvalue weighted by Gasteiger charge is 2.30. The summed E-state index contributed by atoms with van der Waals surface area (Å²) in [5.74, 6) is -4.68. The summed E-state index contributed by atoms with van der Waals surface area (Å²) >= 11 is 0. The van der Waals surface area contributed by atoms with Crippen LogP contribution in [0.25, 0.3) is 16.9 Å². The Morgan fingerprint density at radius 3 is 2.73 bits per heavy atom. The smallest absolute Gasteiger partial charge is 0.407 e. The van der Waals surface area contributed by atoms with Gasteiger partial charge in [0.15, 0.2) is 11.6 Å². The molecule has 0 radical (unpaired) electrons. The third kappa shape index (κ3) is 4.36. The molecule has 3 aromatic rings. The fourth-order valence-electron chi connectivity index (χ4n) is 3.92. The van der Waals surface area contributed by atoms with E-state index in [0.717, 1.165) is 12.5 Å². The van der Waals surface area contributed by atoms with Crippen LogP contribution < -0.4 is 5.32 Å². The average molecular weight is 462 g/mol. The number of halogens is 3. The summed E-state index contributed by atoms with van der Waals surface area (Å²) in [6.07, 6.45) is 0.0677. The molecule has 2 aromatic heterocycles. The van der Waals surface area contributed by atoms with Crippen LogP contribution in [0.15, 0.2) is 24.4 Å². The molecule has 2 N–H and O–H groups in total. The van der Waals surface area contributed by atoms with E-state index in [9.17, 15) is 19.1 Å². The van der Waals surface area contributed by atoms with Crippen molar-refractivity contribution in [2.75, 3.05) is 25.0 Å². The molecule has 0 aliphatic carbocycles. The number of nitrogens with one attached hydrogen (secondary N) is 1. The van der Waals surface area contributed by atoms with Gasteiger partial charge >= 0.3 is 6.09 Å². The molecule has 1 unspecified atom stereocenters. The molecule has 1 aromatic carbocycles. The summed E-state index contributed by atoms with van der Waals surface area (Å²) in [6, 6.07) is 4.19. The van der Waals surface area contributed by atoms with Gasteiger partial charge in [-0.2, -0.15) is 0 Å². The van der Waals surface area contributed by atoms with Crippen LogP contribution in [0.5, 0.6) is 0 Å². The highest BCUT2D eigenvalue weighted by Crippen LogP contribution is 2.35. The van der Waals surface area contributed by atoms with Crippen molar-refractivity contribution in [1.29, 1.82) is 0 Å². The van der Waals surface area contributed by atoms with Gasteiger partial charge < -0.3 is 24.5 Å². The van der Waals surface area contributed by atoms with Crippen LogP contribution >= 0.6 is 0 Å². The van der Waals surface area contributed by atoms with Crippen LogP contribution in [-0.4, -0.2) is 57.2 Å². The zero-order valence-electron chi connectivity index (χ0n) is 17.9. The molecule has 8 nitrogen and oxygen atoms in total. The fourth-order valence-corrected chi connectivity index (χ4v) is 3.92. The maximum Gasteiger partial charge on any atom is 0.407 e. The van der Waals surface area contributed by atoms with E-state index in [0.29, 0.717) is 17.4 Å². The molecule has 11 heteroatoms. The van der Waals surface area contributed by atoms with Crippen LogP contribution in [0.2, 0.25) is 0 Å².